The van der Waals surface area contributed by atoms with Gasteiger partial charge in [-0.1, -0.05) is 29.3 Å². The molecule has 0 spiro atoms. The van der Waals surface area contributed by atoms with Gasteiger partial charge < -0.3 is 9.73 Å². The Kier molecular flexibility index (Phi) is 6.29. The van der Waals surface area contributed by atoms with E-state index >= 15 is 0 Å². The van der Waals surface area contributed by atoms with Gasteiger partial charge in [0.05, 0.1) is 17.6 Å². The maximum atomic E-state index is 12.6. The van der Waals surface area contributed by atoms with Gasteiger partial charge in [-0.3, -0.25) is 14.4 Å². The summed E-state index contributed by atoms with van der Waals surface area (Å²) in [6, 6.07) is 8.86. The number of benzene rings is 1. The fourth-order valence-corrected chi connectivity index (χ4v) is 4.19. The Bertz CT molecular complexity index is 1030. The summed E-state index contributed by atoms with van der Waals surface area (Å²) < 4.78 is 8.07. The molecule has 1 aromatic carbocycles. The van der Waals surface area contributed by atoms with Crippen molar-refractivity contribution >= 4 is 50.9 Å². The quantitative estimate of drug-likeness (QED) is 0.492. The SMILES string of the molecule is O=C(Nc1nn(Cc2ccc(Cl)cc2Cl)cc1Br)c1ccc(CN2CCCC2)o1. The van der Waals surface area contributed by atoms with E-state index in [1.165, 1.54) is 12.8 Å². The van der Waals surface area contributed by atoms with E-state index in [0.29, 0.717) is 26.9 Å². The van der Waals surface area contributed by atoms with Crippen molar-refractivity contribution in [1.29, 1.82) is 0 Å². The first-order valence-electron chi connectivity index (χ1n) is 9.27. The van der Waals surface area contributed by atoms with Crippen molar-refractivity contribution in [2.75, 3.05) is 18.4 Å². The minimum Gasteiger partial charge on any atom is -0.455 e. The normalized spacial score (nSPS) is 14.4. The number of carbonyl (C=O) groups excluding carboxylic acids is 1. The van der Waals surface area contributed by atoms with Gasteiger partial charge >= 0.3 is 0 Å². The molecule has 1 saturated heterocycles. The lowest BCUT2D eigenvalue weighted by Crippen LogP contribution is -2.18. The molecule has 1 fully saturated rings. The molecule has 1 amide bonds. The average molecular weight is 498 g/mol. The first kappa shape index (κ1) is 20.5. The summed E-state index contributed by atoms with van der Waals surface area (Å²) in [5.74, 6) is 1.13. The molecule has 0 bridgehead atoms. The Labute approximate surface area is 186 Å². The fourth-order valence-electron chi connectivity index (χ4n) is 3.30. The van der Waals surface area contributed by atoms with E-state index in [2.05, 4.69) is 31.2 Å². The number of hydrogen-bond acceptors (Lipinski definition) is 4. The number of anilines is 1. The number of rotatable bonds is 6. The lowest BCUT2D eigenvalue weighted by molar-refractivity contribution is 0.0992. The maximum absolute atomic E-state index is 12.6. The van der Waals surface area contributed by atoms with Crippen LogP contribution in [0.15, 0.2) is 45.4 Å². The van der Waals surface area contributed by atoms with Crippen molar-refractivity contribution in [3.63, 3.8) is 0 Å². The van der Waals surface area contributed by atoms with E-state index < -0.39 is 0 Å². The summed E-state index contributed by atoms with van der Waals surface area (Å²) in [6.45, 7) is 3.33. The van der Waals surface area contributed by atoms with E-state index in [9.17, 15) is 4.79 Å². The molecule has 1 aliphatic heterocycles. The van der Waals surface area contributed by atoms with Crippen LogP contribution in [0.3, 0.4) is 0 Å². The number of halogens is 3. The van der Waals surface area contributed by atoms with Crippen molar-refractivity contribution in [3.8, 4) is 0 Å². The summed E-state index contributed by atoms with van der Waals surface area (Å²) >= 11 is 15.6. The van der Waals surface area contributed by atoms with Gasteiger partial charge in [-0.15, -0.1) is 0 Å². The first-order valence-corrected chi connectivity index (χ1v) is 10.8. The summed E-state index contributed by atoms with van der Waals surface area (Å²) in [5, 5.41) is 8.35. The molecule has 152 valence electrons. The molecule has 9 heteroatoms. The standard InChI is InChI=1S/C20H19BrCl2N4O2/c21-16-12-27(10-13-3-4-14(22)9-17(13)23)25-19(16)24-20(28)18-6-5-15(29-18)11-26-7-1-2-8-26/h3-6,9,12H,1-2,7-8,10-11H2,(H,24,25,28). The molecule has 0 saturated carbocycles. The first-order chi connectivity index (χ1) is 14.0. The van der Waals surface area contributed by atoms with Crippen molar-refractivity contribution in [2.45, 2.75) is 25.9 Å². The Hall–Kier alpha value is -1.80. The molecule has 1 aliphatic rings. The van der Waals surface area contributed by atoms with Crippen molar-refractivity contribution < 1.29 is 9.21 Å². The minimum atomic E-state index is -0.340. The highest BCUT2D eigenvalue weighted by atomic mass is 79.9. The summed E-state index contributed by atoms with van der Waals surface area (Å²) in [6.07, 6.45) is 4.21. The Morgan fingerprint density at radius 2 is 1.97 bits per heavy atom. The zero-order chi connectivity index (χ0) is 20.4. The Balaban J connectivity index is 1.41. The van der Waals surface area contributed by atoms with Crippen LogP contribution >= 0.6 is 39.1 Å². The molecule has 0 atom stereocenters. The van der Waals surface area contributed by atoms with E-state index in [4.69, 9.17) is 27.6 Å². The van der Waals surface area contributed by atoms with Gasteiger partial charge in [0, 0.05) is 16.2 Å². The third kappa shape index (κ3) is 5.04. The predicted octanol–water partition coefficient (Wildman–Crippen LogP) is 5.44. The van der Waals surface area contributed by atoms with Crippen molar-refractivity contribution in [2.24, 2.45) is 0 Å². The number of carbonyl (C=O) groups is 1. The lowest BCUT2D eigenvalue weighted by Gasteiger charge is -2.11. The van der Waals surface area contributed by atoms with Crippen LogP contribution in [0.2, 0.25) is 10.0 Å². The molecule has 0 aliphatic carbocycles. The van der Waals surface area contributed by atoms with E-state index in [1.54, 1.807) is 29.1 Å². The number of aromatic nitrogens is 2. The predicted molar refractivity (Wildman–Crippen MR) is 117 cm³/mol. The number of likely N-dealkylation sites (tertiary alicyclic amines) is 1. The van der Waals surface area contributed by atoms with Crippen LogP contribution in [0.1, 0.15) is 34.7 Å². The smallest absolute Gasteiger partial charge is 0.292 e. The van der Waals surface area contributed by atoms with Crippen LogP contribution in [0.25, 0.3) is 0 Å². The third-order valence-electron chi connectivity index (χ3n) is 4.76. The number of amides is 1. The van der Waals surface area contributed by atoms with Gasteiger partial charge in [-0.05, 0) is 71.7 Å². The van der Waals surface area contributed by atoms with Crippen LogP contribution in [0, 0.1) is 0 Å². The van der Waals surface area contributed by atoms with Gasteiger partial charge in [-0.2, -0.15) is 5.10 Å². The molecule has 29 heavy (non-hydrogen) atoms. The second kappa shape index (κ2) is 8.92. The van der Waals surface area contributed by atoms with Gasteiger partial charge in [0.2, 0.25) is 0 Å². The number of nitrogens with zero attached hydrogens (tertiary/aromatic N) is 3. The van der Waals surface area contributed by atoms with Crippen LogP contribution in [0.4, 0.5) is 5.82 Å². The maximum Gasteiger partial charge on any atom is 0.292 e. The van der Waals surface area contributed by atoms with Crippen LogP contribution < -0.4 is 5.32 Å². The molecule has 2 aromatic heterocycles. The summed E-state index contributed by atoms with van der Waals surface area (Å²) in [5.41, 5.74) is 0.876. The second-order valence-corrected chi connectivity index (χ2v) is 8.66. The van der Waals surface area contributed by atoms with Gasteiger partial charge in [-0.25, -0.2) is 0 Å². The zero-order valence-electron chi connectivity index (χ0n) is 15.5. The molecular formula is C20H19BrCl2N4O2. The van der Waals surface area contributed by atoms with Crippen LogP contribution in [-0.4, -0.2) is 33.7 Å². The monoisotopic (exact) mass is 496 g/mol. The van der Waals surface area contributed by atoms with E-state index in [0.717, 1.165) is 31.0 Å². The van der Waals surface area contributed by atoms with Gasteiger partial charge in [0.15, 0.2) is 11.6 Å². The highest BCUT2D eigenvalue weighted by Crippen LogP contribution is 2.25. The molecule has 4 rings (SSSR count). The molecule has 0 unspecified atom stereocenters. The Morgan fingerprint density at radius 1 is 1.17 bits per heavy atom. The van der Waals surface area contributed by atoms with E-state index in [-0.39, 0.29) is 11.7 Å². The molecule has 3 aromatic rings. The number of furan rings is 1. The summed E-state index contributed by atoms with van der Waals surface area (Å²) in [7, 11) is 0. The fraction of sp³-hybridized carbons (Fsp3) is 0.300. The van der Waals surface area contributed by atoms with Gasteiger partial charge in [0.1, 0.15) is 5.76 Å². The minimum absolute atomic E-state index is 0.265. The second-order valence-electron chi connectivity index (χ2n) is 6.96. The Morgan fingerprint density at radius 3 is 2.72 bits per heavy atom. The third-order valence-corrected chi connectivity index (χ3v) is 5.93. The molecule has 1 N–H and O–H groups in total. The number of hydrogen-bond donors (Lipinski definition) is 1. The highest BCUT2D eigenvalue weighted by Gasteiger charge is 2.18. The average Bonchev–Trinajstić information content (AvgIpc) is 3.41. The largest absolute Gasteiger partial charge is 0.455 e. The molecule has 6 nitrogen and oxygen atoms in total. The molecule has 0 radical (unpaired) electrons. The van der Waals surface area contributed by atoms with Crippen molar-refractivity contribution in [1.82, 2.24) is 14.7 Å². The van der Waals surface area contributed by atoms with Crippen LogP contribution in [-0.2, 0) is 13.1 Å². The van der Waals surface area contributed by atoms with E-state index in [1.807, 2.05) is 12.1 Å². The topological polar surface area (TPSA) is 63.3 Å². The molecular weight excluding hydrogens is 479 g/mol. The van der Waals surface area contributed by atoms with Gasteiger partial charge in [0.25, 0.3) is 5.91 Å². The zero-order valence-corrected chi connectivity index (χ0v) is 18.6. The molecule has 3 heterocycles. The lowest BCUT2D eigenvalue weighted by atomic mass is 10.2. The van der Waals surface area contributed by atoms with Crippen LogP contribution in [0.5, 0.6) is 0 Å². The van der Waals surface area contributed by atoms with Crippen molar-refractivity contribution in [3.05, 3.63) is 68.1 Å². The summed E-state index contributed by atoms with van der Waals surface area (Å²) in [4.78, 5) is 14.9. The number of nitrogens with one attached hydrogen (secondary N) is 1. The highest BCUT2D eigenvalue weighted by molar-refractivity contribution is 9.10.